The van der Waals surface area contributed by atoms with Gasteiger partial charge in [-0.2, -0.15) is 0 Å². The van der Waals surface area contributed by atoms with Crippen molar-refractivity contribution in [2.24, 2.45) is 0 Å². The fourth-order valence-corrected chi connectivity index (χ4v) is 4.14. The van der Waals surface area contributed by atoms with Crippen LogP contribution in [0.15, 0.2) is 22.1 Å². The maximum absolute atomic E-state index is 12.9. The van der Waals surface area contributed by atoms with Gasteiger partial charge in [-0.05, 0) is 63.3 Å². The Hall–Kier alpha value is -1.86. The van der Waals surface area contributed by atoms with E-state index in [-0.39, 0.29) is 22.8 Å². The van der Waals surface area contributed by atoms with E-state index in [4.69, 9.17) is 4.74 Å². The lowest BCUT2D eigenvalue weighted by atomic mass is 9.97. The molecule has 1 aromatic carbocycles. The molecule has 2 atom stereocenters. The standard InChI is InChI=1S/C19H25N3O3S/c1-11-8-13(3)16(9-12(11)2)17(23)14(4)26-19-21-20-18(24)22(19)10-15-6-5-7-25-15/h8-9,14-15H,5-7,10H2,1-4H3,(H,20,24). The SMILES string of the molecule is Cc1cc(C)c(C(=O)C(C)Sc2n[nH]c(=O)n2CC2CCCO2)cc1C. The molecular formula is C19H25N3O3S. The van der Waals surface area contributed by atoms with Crippen LogP contribution in [-0.2, 0) is 11.3 Å². The van der Waals surface area contributed by atoms with Gasteiger partial charge in [0.1, 0.15) is 0 Å². The molecule has 0 saturated carbocycles. The summed E-state index contributed by atoms with van der Waals surface area (Å²) in [6.07, 6.45) is 2.00. The molecule has 0 amide bonds. The van der Waals surface area contributed by atoms with Crippen molar-refractivity contribution < 1.29 is 9.53 Å². The van der Waals surface area contributed by atoms with Crippen LogP contribution < -0.4 is 5.69 Å². The van der Waals surface area contributed by atoms with Crippen LogP contribution in [-0.4, -0.2) is 38.5 Å². The molecule has 7 heteroatoms. The molecule has 6 nitrogen and oxygen atoms in total. The normalized spacial score (nSPS) is 18.2. The minimum absolute atomic E-state index is 0.0395. The minimum atomic E-state index is -0.339. The second-order valence-corrected chi connectivity index (χ2v) is 8.24. The molecule has 140 valence electrons. The minimum Gasteiger partial charge on any atom is -0.376 e. The molecule has 1 aliphatic heterocycles. The Kier molecular flexibility index (Phi) is 5.67. The molecule has 1 fully saturated rings. The summed E-state index contributed by atoms with van der Waals surface area (Å²) in [7, 11) is 0. The van der Waals surface area contributed by atoms with E-state index in [2.05, 4.69) is 10.2 Å². The van der Waals surface area contributed by atoms with Gasteiger partial charge in [0.05, 0.1) is 17.9 Å². The summed E-state index contributed by atoms with van der Waals surface area (Å²) >= 11 is 1.31. The number of aromatic nitrogens is 3. The molecule has 1 N–H and O–H groups in total. The number of Topliss-reactive ketones (excluding diaryl/α,β-unsaturated/α-hetero) is 1. The van der Waals surface area contributed by atoms with Gasteiger partial charge in [0, 0.05) is 12.2 Å². The summed E-state index contributed by atoms with van der Waals surface area (Å²) in [5.41, 5.74) is 3.73. The second kappa shape index (κ2) is 7.80. The van der Waals surface area contributed by atoms with Crippen LogP contribution in [0.25, 0.3) is 0 Å². The van der Waals surface area contributed by atoms with E-state index < -0.39 is 0 Å². The second-order valence-electron chi connectivity index (χ2n) is 6.93. The van der Waals surface area contributed by atoms with E-state index in [1.807, 2.05) is 39.8 Å². The molecular weight excluding hydrogens is 350 g/mol. The number of carbonyl (C=O) groups excluding carboxylic acids is 1. The van der Waals surface area contributed by atoms with Gasteiger partial charge in [-0.3, -0.25) is 9.36 Å². The number of rotatable bonds is 6. The van der Waals surface area contributed by atoms with Crippen LogP contribution in [0, 0.1) is 20.8 Å². The summed E-state index contributed by atoms with van der Waals surface area (Å²) in [6, 6.07) is 4.00. The maximum atomic E-state index is 12.9. The van der Waals surface area contributed by atoms with E-state index in [0.717, 1.165) is 36.1 Å². The topological polar surface area (TPSA) is 77.0 Å². The predicted octanol–water partition coefficient (Wildman–Crippen LogP) is 3.04. The van der Waals surface area contributed by atoms with Gasteiger partial charge in [0.25, 0.3) is 0 Å². The predicted molar refractivity (Wildman–Crippen MR) is 102 cm³/mol. The third-order valence-corrected chi connectivity index (χ3v) is 5.98. The number of hydrogen-bond acceptors (Lipinski definition) is 5. The van der Waals surface area contributed by atoms with Crippen LogP contribution in [0.3, 0.4) is 0 Å². The lowest BCUT2D eigenvalue weighted by Crippen LogP contribution is -2.25. The van der Waals surface area contributed by atoms with Gasteiger partial charge in [-0.15, -0.1) is 5.10 Å². The van der Waals surface area contributed by atoms with Gasteiger partial charge in [0.15, 0.2) is 10.9 Å². The fraction of sp³-hybridized carbons (Fsp3) is 0.526. The third-order valence-electron chi connectivity index (χ3n) is 4.89. The highest BCUT2D eigenvalue weighted by atomic mass is 32.2. The fourth-order valence-electron chi connectivity index (χ4n) is 3.20. The summed E-state index contributed by atoms with van der Waals surface area (Å²) < 4.78 is 7.20. The molecule has 0 bridgehead atoms. The smallest absolute Gasteiger partial charge is 0.344 e. The number of hydrogen-bond donors (Lipinski definition) is 1. The molecule has 1 aliphatic rings. The van der Waals surface area contributed by atoms with E-state index >= 15 is 0 Å². The van der Waals surface area contributed by atoms with Gasteiger partial charge in [-0.25, -0.2) is 9.89 Å². The molecule has 0 aliphatic carbocycles. The Labute approximate surface area is 157 Å². The zero-order chi connectivity index (χ0) is 18.8. The zero-order valence-corrected chi connectivity index (χ0v) is 16.5. The van der Waals surface area contributed by atoms with Crippen molar-refractivity contribution in [3.63, 3.8) is 0 Å². The number of aromatic amines is 1. The summed E-state index contributed by atoms with van der Waals surface area (Å²) in [5.74, 6) is 0.0507. The molecule has 2 unspecified atom stereocenters. The first-order valence-corrected chi connectivity index (χ1v) is 9.80. The van der Waals surface area contributed by atoms with Crippen LogP contribution in [0.2, 0.25) is 0 Å². The van der Waals surface area contributed by atoms with Crippen LogP contribution >= 0.6 is 11.8 Å². The van der Waals surface area contributed by atoms with Crippen molar-refractivity contribution in [3.05, 3.63) is 44.9 Å². The number of nitrogens with one attached hydrogen (secondary N) is 1. The number of benzene rings is 1. The van der Waals surface area contributed by atoms with E-state index in [9.17, 15) is 9.59 Å². The highest BCUT2D eigenvalue weighted by molar-refractivity contribution is 8.00. The van der Waals surface area contributed by atoms with Crippen molar-refractivity contribution in [1.29, 1.82) is 0 Å². The van der Waals surface area contributed by atoms with Gasteiger partial charge in [-0.1, -0.05) is 17.8 Å². The lowest BCUT2D eigenvalue weighted by molar-refractivity contribution is 0.0941. The summed E-state index contributed by atoms with van der Waals surface area (Å²) in [4.78, 5) is 25.0. The number of carbonyl (C=O) groups is 1. The molecule has 0 spiro atoms. The Bertz CT molecular complexity index is 865. The van der Waals surface area contributed by atoms with E-state index in [1.54, 1.807) is 4.57 Å². The largest absolute Gasteiger partial charge is 0.376 e. The average molecular weight is 375 g/mol. The van der Waals surface area contributed by atoms with E-state index in [0.29, 0.717) is 11.7 Å². The average Bonchev–Trinajstić information content (AvgIpc) is 3.23. The number of aryl methyl sites for hydroxylation is 3. The number of nitrogens with zero attached hydrogens (tertiary/aromatic N) is 2. The number of H-pyrrole nitrogens is 1. The highest BCUT2D eigenvalue weighted by Gasteiger charge is 2.24. The number of ketones is 1. The van der Waals surface area contributed by atoms with Crippen LogP contribution in [0.4, 0.5) is 0 Å². The molecule has 1 aromatic heterocycles. The molecule has 2 aromatic rings. The van der Waals surface area contributed by atoms with Gasteiger partial charge >= 0.3 is 5.69 Å². The van der Waals surface area contributed by atoms with Gasteiger partial charge < -0.3 is 4.74 Å². The van der Waals surface area contributed by atoms with Crippen LogP contribution in [0.5, 0.6) is 0 Å². The number of ether oxygens (including phenoxy) is 1. The molecule has 1 saturated heterocycles. The monoisotopic (exact) mass is 375 g/mol. The van der Waals surface area contributed by atoms with Crippen molar-refractivity contribution in [2.75, 3.05) is 6.61 Å². The quantitative estimate of drug-likeness (QED) is 0.620. The zero-order valence-electron chi connectivity index (χ0n) is 15.7. The van der Waals surface area contributed by atoms with Crippen LogP contribution in [0.1, 0.15) is 46.8 Å². The van der Waals surface area contributed by atoms with Crippen molar-refractivity contribution >= 4 is 17.5 Å². The highest BCUT2D eigenvalue weighted by Crippen LogP contribution is 2.26. The third kappa shape index (κ3) is 3.94. The van der Waals surface area contributed by atoms with Crippen molar-refractivity contribution in [3.8, 4) is 0 Å². The first-order valence-electron chi connectivity index (χ1n) is 8.92. The Morgan fingerprint density at radius 2 is 2.08 bits per heavy atom. The Morgan fingerprint density at radius 1 is 1.35 bits per heavy atom. The van der Waals surface area contributed by atoms with Crippen molar-refractivity contribution in [2.45, 2.75) is 63.6 Å². The number of thioether (sulfide) groups is 1. The molecule has 0 radical (unpaired) electrons. The molecule has 26 heavy (non-hydrogen) atoms. The van der Waals surface area contributed by atoms with Crippen molar-refractivity contribution in [1.82, 2.24) is 14.8 Å². The van der Waals surface area contributed by atoms with Gasteiger partial charge in [0.2, 0.25) is 0 Å². The maximum Gasteiger partial charge on any atom is 0.344 e. The Morgan fingerprint density at radius 3 is 2.77 bits per heavy atom. The first-order chi connectivity index (χ1) is 12.4. The Balaban J connectivity index is 1.78. The summed E-state index contributed by atoms with van der Waals surface area (Å²) in [6.45, 7) is 9.08. The van der Waals surface area contributed by atoms with E-state index in [1.165, 1.54) is 17.3 Å². The summed E-state index contributed by atoms with van der Waals surface area (Å²) in [5, 5.41) is 6.80. The molecule has 3 rings (SSSR count). The lowest BCUT2D eigenvalue weighted by Gasteiger charge is -2.15. The first kappa shape index (κ1) is 18.9. The molecule has 2 heterocycles.